The standard InChI is InChI=1S/C16H21N3O2S2/c1-9-17-14(19-11(16(20)21)7-8-22-2)13-10-5-3-4-6-12(10)23-15(13)18-9/h11H,3-8H2,1-2H3,(H,20,21)(H,17,18,19)/p-1/t11-/m1/s1. The SMILES string of the molecule is CSCC[C@@H](Nc1nc(C)nc2sc3c(c12)CCCC3)C(=O)[O-]. The van der Waals surface area contributed by atoms with E-state index in [0.717, 1.165) is 28.8 Å². The van der Waals surface area contributed by atoms with E-state index in [1.54, 1.807) is 23.1 Å². The molecule has 0 saturated heterocycles. The number of carbonyl (C=O) groups is 1. The highest BCUT2D eigenvalue weighted by molar-refractivity contribution is 7.98. The van der Waals surface area contributed by atoms with Gasteiger partial charge in [-0.25, -0.2) is 9.97 Å². The second-order valence-corrected chi connectivity index (χ2v) is 7.88. The van der Waals surface area contributed by atoms with E-state index in [4.69, 9.17) is 0 Å². The largest absolute Gasteiger partial charge is 0.548 e. The molecule has 0 aromatic carbocycles. The van der Waals surface area contributed by atoms with Crippen molar-refractivity contribution in [3.8, 4) is 0 Å². The molecule has 2 heterocycles. The molecule has 0 bridgehead atoms. The van der Waals surface area contributed by atoms with Crippen molar-refractivity contribution in [2.45, 2.75) is 45.1 Å². The number of carboxylic acids is 1. The Labute approximate surface area is 143 Å². The zero-order valence-electron chi connectivity index (χ0n) is 13.3. The first-order valence-electron chi connectivity index (χ1n) is 7.85. The summed E-state index contributed by atoms with van der Waals surface area (Å²) in [7, 11) is 0. The Morgan fingerprint density at radius 1 is 1.39 bits per heavy atom. The van der Waals surface area contributed by atoms with Crippen molar-refractivity contribution in [3.63, 3.8) is 0 Å². The van der Waals surface area contributed by atoms with Gasteiger partial charge in [-0.05, 0) is 56.6 Å². The number of nitrogens with one attached hydrogen (secondary N) is 1. The van der Waals surface area contributed by atoms with Gasteiger partial charge in [0.2, 0.25) is 0 Å². The van der Waals surface area contributed by atoms with Crippen LogP contribution in [0.25, 0.3) is 10.2 Å². The van der Waals surface area contributed by atoms with Crippen molar-refractivity contribution in [3.05, 3.63) is 16.3 Å². The van der Waals surface area contributed by atoms with E-state index in [2.05, 4.69) is 15.3 Å². The molecule has 2 aromatic heterocycles. The summed E-state index contributed by atoms with van der Waals surface area (Å²) >= 11 is 3.35. The van der Waals surface area contributed by atoms with E-state index in [1.807, 2.05) is 13.2 Å². The van der Waals surface area contributed by atoms with Crippen LogP contribution in [-0.4, -0.2) is 34.0 Å². The molecule has 3 rings (SSSR count). The van der Waals surface area contributed by atoms with Crippen LogP contribution in [0, 0.1) is 6.92 Å². The van der Waals surface area contributed by atoms with Crippen LogP contribution in [0.15, 0.2) is 0 Å². The lowest BCUT2D eigenvalue weighted by Crippen LogP contribution is -2.41. The predicted octanol–water partition coefficient (Wildman–Crippen LogP) is 2.16. The third-order valence-electron chi connectivity index (χ3n) is 4.13. The molecule has 23 heavy (non-hydrogen) atoms. The number of hydrogen-bond donors (Lipinski definition) is 1. The van der Waals surface area contributed by atoms with E-state index in [1.165, 1.54) is 23.3 Å². The lowest BCUT2D eigenvalue weighted by Gasteiger charge is -2.21. The lowest BCUT2D eigenvalue weighted by atomic mass is 9.97. The molecule has 2 aromatic rings. The van der Waals surface area contributed by atoms with E-state index in [9.17, 15) is 9.90 Å². The Kier molecular flexibility index (Phi) is 5.06. The maximum Gasteiger partial charge on any atom is 0.139 e. The summed E-state index contributed by atoms with van der Waals surface area (Å²) in [6.45, 7) is 1.85. The van der Waals surface area contributed by atoms with Gasteiger partial charge < -0.3 is 15.2 Å². The molecule has 124 valence electrons. The second-order valence-electron chi connectivity index (χ2n) is 5.81. The molecule has 0 amide bonds. The topological polar surface area (TPSA) is 77.9 Å². The third kappa shape index (κ3) is 3.45. The Bertz CT molecular complexity index is 730. The first-order valence-corrected chi connectivity index (χ1v) is 10.1. The molecular weight excluding hydrogens is 330 g/mol. The number of aryl methyl sites for hydroxylation is 3. The number of thioether (sulfide) groups is 1. The second kappa shape index (κ2) is 7.05. The van der Waals surface area contributed by atoms with Crippen molar-refractivity contribution in [2.75, 3.05) is 17.3 Å². The van der Waals surface area contributed by atoms with E-state index in [-0.39, 0.29) is 0 Å². The number of fused-ring (bicyclic) bond motifs is 3. The number of thiophene rings is 1. The van der Waals surface area contributed by atoms with Crippen molar-refractivity contribution in [2.24, 2.45) is 0 Å². The number of rotatable bonds is 6. The molecule has 0 spiro atoms. The van der Waals surface area contributed by atoms with Gasteiger partial charge in [-0.2, -0.15) is 11.8 Å². The van der Waals surface area contributed by atoms with Gasteiger partial charge in [0.05, 0.1) is 17.4 Å². The van der Waals surface area contributed by atoms with E-state index < -0.39 is 12.0 Å². The highest BCUT2D eigenvalue weighted by atomic mass is 32.2. The molecule has 5 nitrogen and oxygen atoms in total. The maximum atomic E-state index is 11.4. The number of anilines is 1. The molecule has 0 radical (unpaired) electrons. The predicted molar refractivity (Wildman–Crippen MR) is 94.2 cm³/mol. The summed E-state index contributed by atoms with van der Waals surface area (Å²) in [6.07, 6.45) is 6.98. The first-order chi connectivity index (χ1) is 11.1. The van der Waals surface area contributed by atoms with Crippen LogP contribution in [0.5, 0.6) is 0 Å². The Morgan fingerprint density at radius 2 is 2.17 bits per heavy atom. The summed E-state index contributed by atoms with van der Waals surface area (Å²) in [5.41, 5.74) is 1.31. The number of carboxylic acid groups (broad SMARTS) is 1. The monoisotopic (exact) mass is 350 g/mol. The van der Waals surface area contributed by atoms with Gasteiger partial charge in [0.1, 0.15) is 16.5 Å². The van der Waals surface area contributed by atoms with Crippen molar-refractivity contribution in [1.82, 2.24) is 9.97 Å². The third-order valence-corrected chi connectivity index (χ3v) is 5.96. The number of nitrogens with zero attached hydrogens (tertiary/aromatic N) is 2. The van der Waals surface area contributed by atoms with Crippen LogP contribution in [0.2, 0.25) is 0 Å². The van der Waals surface area contributed by atoms with Crippen molar-refractivity contribution >= 4 is 45.1 Å². The number of carbonyl (C=O) groups excluding carboxylic acids is 1. The smallest absolute Gasteiger partial charge is 0.139 e. The van der Waals surface area contributed by atoms with Crippen LogP contribution in [0.1, 0.15) is 35.5 Å². The molecule has 7 heteroatoms. The molecule has 1 atom stereocenters. The molecule has 1 aliphatic carbocycles. The van der Waals surface area contributed by atoms with Gasteiger partial charge in [-0.1, -0.05) is 0 Å². The quantitative estimate of drug-likeness (QED) is 0.860. The minimum Gasteiger partial charge on any atom is -0.548 e. The summed E-state index contributed by atoms with van der Waals surface area (Å²) in [6, 6.07) is -0.723. The highest BCUT2D eigenvalue weighted by Crippen LogP contribution is 2.38. The maximum absolute atomic E-state index is 11.4. The average Bonchev–Trinajstić information content (AvgIpc) is 2.88. The summed E-state index contributed by atoms with van der Waals surface area (Å²) in [5, 5.41) is 15.6. The van der Waals surface area contributed by atoms with Gasteiger partial charge in [-0.15, -0.1) is 11.3 Å². The molecule has 0 aliphatic heterocycles. The van der Waals surface area contributed by atoms with Crippen molar-refractivity contribution in [1.29, 1.82) is 0 Å². The van der Waals surface area contributed by atoms with Crippen LogP contribution >= 0.6 is 23.1 Å². The normalized spacial score (nSPS) is 15.4. The molecular formula is C16H20N3O2S2-. The number of hydrogen-bond acceptors (Lipinski definition) is 7. The molecule has 1 aliphatic rings. The molecule has 1 N–H and O–H groups in total. The zero-order chi connectivity index (χ0) is 16.4. The van der Waals surface area contributed by atoms with Gasteiger partial charge in [0, 0.05) is 4.88 Å². The van der Waals surface area contributed by atoms with Crippen LogP contribution in [0.3, 0.4) is 0 Å². The fourth-order valence-electron chi connectivity index (χ4n) is 3.02. The Balaban J connectivity index is 2.01. The Morgan fingerprint density at radius 3 is 2.91 bits per heavy atom. The van der Waals surface area contributed by atoms with Gasteiger partial charge in [0.25, 0.3) is 0 Å². The molecule has 0 saturated carbocycles. The van der Waals surface area contributed by atoms with E-state index in [0.29, 0.717) is 18.1 Å². The minimum absolute atomic E-state index is 0.514. The summed E-state index contributed by atoms with van der Waals surface area (Å²) in [5.74, 6) is 1.01. The molecule has 0 unspecified atom stereocenters. The van der Waals surface area contributed by atoms with Gasteiger partial charge in [0.15, 0.2) is 0 Å². The van der Waals surface area contributed by atoms with E-state index >= 15 is 0 Å². The lowest BCUT2D eigenvalue weighted by molar-refractivity contribution is -0.306. The van der Waals surface area contributed by atoms with Crippen LogP contribution in [-0.2, 0) is 17.6 Å². The van der Waals surface area contributed by atoms with Crippen molar-refractivity contribution < 1.29 is 9.90 Å². The average molecular weight is 350 g/mol. The summed E-state index contributed by atoms with van der Waals surface area (Å²) in [4.78, 5) is 22.8. The highest BCUT2D eigenvalue weighted by Gasteiger charge is 2.22. The number of aliphatic carboxylic acids is 1. The van der Waals surface area contributed by atoms with Gasteiger partial charge in [-0.3, -0.25) is 0 Å². The van der Waals surface area contributed by atoms with Crippen LogP contribution in [0.4, 0.5) is 5.82 Å². The van der Waals surface area contributed by atoms with Gasteiger partial charge >= 0.3 is 0 Å². The molecule has 0 fully saturated rings. The minimum atomic E-state index is -1.08. The number of aromatic nitrogens is 2. The Hall–Kier alpha value is -1.34. The fraction of sp³-hybridized carbons (Fsp3) is 0.562. The van der Waals surface area contributed by atoms with Crippen LogP contribution < -0.4 is 10.4 Å². The fourth-order valence-corrected chi connectivity index (χ4v) is 4.80. The summed E-state index contributed by atoms with van der Waals surface area (Å²) < 4.78 is 0. The zero-order valence-corrected chi connectivity index (χ0v) is 15.0. The first kappa shape index (κ1) is 16.5.